The van der Waals surface area contributed by atoms with Crippen molar-refractivity contribution in [3.8, 4) is 0 Å². The molecule has 3 fully saturated rings. The third kappa shape index (κ3) is 7.68. The summed E-state index contributed by atoms with van der Waals surface area (Å²) in [5.74, 6) is -1.87. The predicted octanol–water partition coefficient (Wildman–Crippen LogP) is 4.77. The highest BCUT2D eigenvalue weighted by Gasteiger charge is 2.52. The quantitative estimate of drug-likeness (QED) is 0.363. The van der Waals surface area contributed by atoms with Crippen LogP contribution in [0.25, 0.3) is 0 Å². The Labute approximate surface area is 290 Å². The molecule has 0 aliphatic carbocycles. The van der Waals surface area contributed by atoms with E-state index in [1.165, 1.54) is 31.0 Å². The molecule has 11 nitrogen and oxygen atoms in total. The van der Waals surface area contributed by atoms with Gasteiger partial charge in [-0.3, -0.25) is 24.3 Å². The van der Waals surface area contributed by atoms with Crippen LogP contribution in [0.4, 0.5) is 39.5 Å². The highest BCUT2D eigenvalue weighted by Crippen LogP contribution is 2.37. The Balaban J connectivity index is 1.29. The second kappa shape index (κ2) is 14.0. The molecule has 2 aromatic rings. The van der Waals surface area contributed by atoms with E-state index in [1.54, 1.807) is 22.9 Å². The number of carbonyl (C=O) groups is 3. The molecule has 0 N–H and O–H groups in total. The lowest BCUT2D eigenvalue weighted by atomic mass is 9.85. The summed E-state index contributed by atoms with van der Waals surface area (Å²) in [6.45, 7) is 14.4. The summed E-state index contributed by atoms with van der Waals surface area (Å²) in [4.78, 5) is 54.2. The molecule has 274 valence electrons. The highest BCUT2D eigenvalue weighted by atomic mass is 19.4. The molecule has 3 amide bonds. The lowest BCUT2D eigenvalue weighted by Gasteiger charge is -2.59. The molecule has 0 radical (unpaired) electrons. The van der Waals surface area contributed by atoms with Crippen LogP contribution in [-0.4, -0.2) is 121 Å². The van der Waals surface area contributed by atoms with E-state index < -0.39 is 41.0 Å². The van der Waals surface area contributed by atoms with Crippen molar-refractivity contribution < 1.29 is 36.7 Å². The van der Waals surface area contributed by atoms with Crippen LogP contribution >= 0.6 is 0 Å². The van der Waals surface area contributed by atoms with Gasteiger partial charge in [0.05, 0.1) is 22.5 Å². The minimum absolute atomic E-state index is 0.0422. The molecule has 3 aliphatic rings. The van der Waals surface area contributed by atoms with Crippen LogP contribution in [0, 0.1) is 12.7 Å². The number of hydrogen-bond donors (Lipinski definition) is 0. The molecule has 15 heteroatoms. The van der Waals surface area contributed by atoms with Gasteiger partial charge in [0.2, 0.25) is 11.8 Å². The fourth-order valence-electron chi connectivity index (χ4n) is 7.24. The zero-order valence-electron chi connectivity index (χ0n) is 29.8. The monoisotopic (exact) mass is 705 g/mol. The van der Waals surface area contributed by atoms with E-state index in [0.717, 1.165) is 43.2 Å². The summed E-state index contributed by atoms with van der Waals surface area (Å²) in [6, 6.07) is 4.95. The topological polar surface area (TPSA) is 92.8 Å². The molecular weight excluding hydrogens is 658 g/mol. The fourth-order valence-corrected chi connectivity index (χ4v) is 7.24. The zero-order chi connectivity index (χ0) is 36.8. The molecule has 0 saturated carbocycles. The maximum Gasteiger partial charge on any atom is 0.416 e. The van der Waals surface area contributed by atoms with Gasteiger partial charge in [-0.2, -0.15) is 13.2 Å². The standard InChI is InChI=1S/C35H47F4N7O4/c1-8-45-17-16-43(20-34(45)21-44(22-34)32(49)50-33(3,4)5)15-14-41(6)30-25(36)10-9-11-26(30)42(7)31(48)27-12-13-29(47)46(27)28-19-24(35(37,38)39)18-23(2)40-28/h9-11,18-19,27H,8,12-17,20-22H2,1-7H3. The molecule has 3 saturated heterocycles. The van der Waals surface area contributed by atoms with Gasteiger partial charge < -0.3 is 19.4 Å². The number of benzene rings is 1. The molecule has 1 unspecified atom stereocenters. The van der Waals surface area contributed by atoms with E-state index in [-0.39, 0.29) is 47.4 Å². The summed E-state index contributed by atoms with van der Waals surface area (Å²) in [6.07, 6.45) is -4.95. The molecule has 3 aliphatic heterocycles. The van der Waals surface area contributed by atoms with Crippen molar-refractivity contribution in [3.05, 3.63) is 47.4 Å². The average Bonchev–Trinajstić information content (AvgIpc) is 3.40. The molecule has 1 aromatic carbocycles. The summed E-state index contributed by atoms with van der Waals surface area (Å²) in [5, 5.41) is 0. The Morgan fingerprint density at radius 3 is 2.42 bits per heavy atom. The molecule has 1 spiro atoms. The number of pyridine rings is 1. The second-order valence-electron chi connectivity index (χ2n) is 14.5. The van der Waals surface area contributed by atoms with E-state index in [9.17, 15) is 27.6 Å². The normalized spacial score (nSPS) is 19.9. The third-order valence-corrected chi connectivity index (χ3v) is 9.68. The molecule has 1 atom stereocenters. The highest BCUT2D eigenvalue weighted by molar-refractivity contribution is 6.09. The number of anilines is 3. The van der Waals surface area contributed by atoms with E-state index in [4.69, 9.17) is 4.74 Å². The lowest BCUT2D eigenvalue weighted by molar-refractivity contribution is -0.137. The number of piperazine rings is 1. The van der Waals surface area contributed by atoms with Gasteiger partial charge in [-0.05, 0) is 64.9 Å². The zero-order valence-corrected chi connectivity index (χ0v) is 29.8. The molecule has 50 heavy (non-hydrogen) atoms. The van der Waals surface area contributed by atoms with Crippen LogP contribution in [0.15, 0.2) is 30.3 Å². The van der Waals surface area contributed by atoms with Crippen LogP contribution in [0.2, 0.25) is 0 Å². The number of aryl methyl sites for hydroxylation is 1. The smallest absolute Gasteiger partial charge is 0.416 e. The number of alkyl halides is 3. The van der Waals surface area contributed by atoms with Crippen LogP contribution in [-0.2, 0) is 20.5 Å². The largest absolute Gasteiger partial charge is 0.444 e. The van der Waals surface area contributed by atoms with Gasteiger partial charge in [0.1, 0.15) is 23.3 Å². The van der Waals surface area contributed by atoms with E-state index >= 15 is 4.39 Å². The van der Waals surface area contributed by atoms with Crippen LogP contribution < -0.4 is 14.7 Å². The van der Waals surface area contributed by atoms with Crippen molar-refractivity contribution >= 4 is 35.1 Å². The van der Waals surface area contributed by atoms with Crippen LogP contribution in [0.3, 0.4) is 0 Å². The summed E-state index contributed by atoms with van der Waals surface area (Å²) in [7, 11) is 3.22. The Bertz CT molecular complexity index is 1610. The summed E-state index contributed by atoms with van der Waals surface area (Å²) >= 11 is 0. The van der Waals surface area contributed by atoms with E-state index in [2.05, 4.69) is 21.7 Å². The first-order valence-corrected chi connectivity index (χ1v) is 16.9. The number of likely N-dealkylation sites (N-methyl/N-ethyl adjacent to an activating group) is 3. The van der Waals surface area contributed by atoms with E-state index in [1.807, 2.05) is 20.8 Å². The van der Waals surface area contributed by atoms with Gasteiger partial charge in [0.15, 0.2) is 0 Å². The fraction of sp³-hybridized carbons (Fsp3) is 0.600. The number of para-hydroxylation sites is 1. The Morgan fingerprint density at radius 2 is 1.78 bits per heavy atom. The van der Waals surface area contributed by atoms with Gasteiger partial charge in [0.25, 0.3) is 0 Å². The van der Waals surface area contributed by atoms with Gasteiger partial charge >= 0.3 is 12.3 Å². The second-order valence-corrected chi connectivity index (χ2v) is 14.5. The van der Waals surface area contributed by atoms with Crippen molar-refractivity contribution in [2.45, 2.75) is 70.8 Å². The average molecular weight is 706 g/mol. The summed E-state index contributed by atoms with van der Waals surface area (Å²) < 4.78 is 61.9. The number of halogens is 4. The van der Waals surface area contributed by atoms with Crippen LogP contribution in [0.5, 0.6) is 0 Å². The first kappa shape index (κ1) is 37.3. The van der Waals surface area contributed by atoms with E-state index in [0.29, 0.717) is 26.2 Å². The number of ether oxygens (including phenoxy) is 1. The maximum atomic E-state index is 15.6. The molecule has 0 bridgehead atoms. The SMILES string of the molecule is CCN1CCN(CCN(C)c2c(F)cccc2N(C)C(=O)C2CCC(=O)N2c2cc(C(F)(F)F)cc(C)n2)CC12CN(C(=O)OC(C)(C)C)C2. The molecule has 1 aromatic heterocycles. The number of hydrogen-bond acceptors (Lipinski definition) is 8. The number of carbonyl (C=O) groups excluding carboxylic acids is 3. The number of nitrogens with zero attached hydrogens (tertiary/aromatic N) is 7. The van der Waals surface area contributed by atoms with Gasteiger partial charge in [-0.25, -0.2) is 14.2 Å². The number of aromatic nitrogens is 1. The van der Waals surface area contributed by atoms with Gasteiger partial charge in [-0.15, -0.1) is 0 Å². The first-order chi connectivity index (χ1) is 23.3. The van der Waals surface area contributed by atoms with Crippen molar-refractivity contribution in [3.63, 3.8) is 0 Å². The molecule has 4 heterocycles. The number of rotatable bonds is 8. The molecule has 5 rings (SSSR count). The number of amides is 3. The Morgan fingerprint density at radius 1 is 1.08 bits per heavy atom. The predicted molar refractivity (Wildman–Crippen MR) is 182 cm³/mol. The van der Waals surface area contributed by atoms with Crippen molar-refractivity contribution in [2.24, 2.45) is 0 Å². The minimum Gasteiger partial charge on any atom is -0.444 e. The lowest BCUT2D eigenvalue weighted by Crippen LogP contribution is -2.77. The first-order valence-electron chi connectivity index (χ1n) is 16.9. The van der Waals surface area contributed by atoms with Gasteiger partial charge in [-0.1, -0.05) is 13.0 Å². The molecular formula is C35H47F4N7O4. The minimum atomic E-state index is -4.66. The third-order valence-electron chi connectivity index (χ3n) is 9.68. The maximum absolute atomic E-state index is 15.6. The van der Waals surface area contributed by atoms with Crippen molar-refractivity contribution in [2.75, 3.05) is 81.2 Å². The Kier molecular flexibility index (Phi) is 10.4. The van der Waals surface area contributed by atoms with Gasteiger partial charge in [0, 0.05) is 72.0 Å². The summed E-state index contributed by atoms with van der Waals surface area (Å²) in [5.41, 5.74) is -1.23. The number of likely N-dealkylation sites (tertiary alicyclic amines) is 1. The Hall–Kier alpha value is -3.98. The van der Waals surface area contributed by atoms with Crippen molar-refractivity contribution in [1.29, 1.82) is 0 Å². The van der Waals surface area contributed by atoms with Crippen LogP contribution in [0.1, 0.15) is 51.8 Å². The van der Waals surface area contributed by atoms with Crippen molar-refractivity contribution in [1.82, 2.24) is 19.7 Å².